The van der Waals surface area contributed by atoms with Gasteiger partial charge in [0.15, 0.2) is 5.03 Å². The van der Waals surface area contributed by atoms with Crippen molar-refractivity contribution in [1.82, 2.24) is 14.3 Å². The van der Waals surface area contributed by atoms with Crippen molar-refractivity contribution in [2.24, 2.45) is 0 Å². The highest BCUT2D eigenvalue weighted by molar-refractivity contribution is 7.89. The maximum absolute atomic E-state index is 12.4. The molecule has 1 aromatic heterocycles. The summed E-state index contributed by atoms with van der Waals surface area (Å²) in [5, 5.41) is 0.971. The van der Waals surface area contributed by atoms with Gasteiger partial charge in [0.2, 0.25) is 0 Å². The van der Waals surface area contributed by atoms with Crippen molar-refractivity contribution in [3.05, 3.63) is 46.3 Å². The minimum absolute atomic E-state index is 0.0388. The summed E-state index contributed by atoms with van der Waals surface area (Å²) in [4.78, 5) is 6.32. The van der Waals surface area contributed by atoms with Crippen molar-refractivity contribution in [2.45, 2.75) is 18.0 Å². The molecule has 0 bridgehead atoms. The van der Waals surface area contributed by atoms with E-state index in [9.17, 15) is 8.42 Å². The third-order valence-electron chi connectivity index (χ3n) is 3.09. The minimum Gasteiger partial charge on any atom is -0.335 e. The van der Waals surface area contributed by atoms with Gasteiger partial charge in [-0.25, -0.2) is 13.4 Å². The number of nitrogens with one attached hydrogen (secondary N) is 1. The van der Waals surface area contributed by atoms with E-state index in [1.165, 1.54) is 23.9 Å². The first-order valence-corrected chi connectivity index (χ1v) is 7.95. The fourth-order valence-corrected chi connectivity index (χ4v) is 3.59. The molecule has 0 aliphatic carbocycles. The lowest BCUT2D eigenvalue weighted by Crippen LogP contribution is -2.30. The fourth-order valence-electron chi connectivity index (χ4n) is 1.78. The zero-order valence-corrected chi connectivity index (χ0v) is 13.2. The van der Waals surface area contributed by atoms with Gasteiger partial charge >= 0.3 is 0 Å². The summed E-state index contributed by atoms with van der Waals surface area (Å²) in [7, 11) is -2.15. The van der Waals surface area contributed by atoms with Crippen LogP contribution in [-0.2, 0) is 10.0 Å². The van der Waals surface area contributed by atoms with Crippen LogP contribution in [0.1, 0.15) is 18.5 Å². The lowest BCUT2D eigenvalue weighted by Gasteiger charge is -2.24. The SMILES string of the molecule is CC(c1ccc(Cl)cc1Cl)N(C)S(=O)(=O)c1cnc[nH]1. The van der Waals surface area contributed by atoms with Gasteiger partial charge in [-0.05, 0) is 24.6 Å². The molecule has 1 aromatic carbocycles. The van der Waals surface area contributed by atoms with Crippen LogP contribution in [0.5, 0.6) is 0 Å². The second kappa shape index (κ2) is 5.73. The van der Waals surface area contributed by atoms with Gasteiger partial charge in [0, 0.05) is 23.1 Å². The van der Waals surface area contributed by atoms with Crippen LogP contribution in [0.3, 0.4) is 0 Å². The number of aromatic nitrogens is 2. The van der Waals surface area contributed by atoms with E-state index in [2.05, 4.69) is 9.97 Å². The average molecular weight is 334 g/mol. The highest BCUT2D eigenvalue weighted by atomic mass is 35.5. The van der Waals surface area contributed by atoms with E-state index in [4.69, 9.17) is 23.2 Å². The number of aromatic amines is 1. The molecular formula is C12H13Cl2N3O2S. The normalized spacial score (nSPS) is 13.7. The summed E-state index contributed by atoms with van der Waals surface area (Å²) in [5.74, 6) is 0. The van der Waals surface area contributed by atoms with Gasteiger partial charge in [-0.15, -0.1) is 0 Å². The fraction of sp³-hybridized carbons (Fsp3) is 0.250. The quantitative estimate of drug-likeness (QED) is 0.934. The van der Waals surface area contributed by atoms with Crippen LogP contribution in [0, 0.1) is 0 Å². The highest BCUT2D eigenvalue weighted by Crippen LogP contribution is 2.31. The van der Waals surface area contributed by atoms with Crippen molar-refractivity contribution in [3.8, 4) is 0 Å². The standard InChI is InChI=1S/C12H13Cl2N3O2S/c1-8(10-4-3-9(13)5-11(10)14)17(2)20(18,19)12-6-15-7-16-12/h3-8H,1-2H3,(H,15,16). The van der Waals surface area contributed by atoms with Crippen LogP contribution >= 0.6 is 23.2 Å². The van der Waals surface area contributed by atoms with Gasteiger partial charge in [0.05, 0.1) is 12.5 Å². The molecule has 1 atom stereocenters. The van der Waals surface area contributed by atoms with Gasteiger partial charge in [-0.2, -0.15) is 4.31 Å². The zero-order valence-electron chi connectivity index (χ0n) is 10.8. The third-order valence-corrected chi connectivity index (χ3v) is 5.50. The number of hydrogen-bond donors (Lipinski definition) is 1. The number of halogens is 2. The van der Waals surface area contributed by atoms with Crippen LogP contribution < -0.4 is 0 Å². The molecule has 0 fully saturated rings. The minimum atomic E-state index is -3.65. The Morgan fingerprint density at radius 1 is 1.35 bits per heavy atom. The molecule has 1 N–H and O–H groups in total. The van der Waals surface area contributed by atoms with E-state index in [0.29, 0.717) is 15.6 Å². The summed E-state index contributed by atoms with van der Waals surface area (Å²) in [6.07, 6.45) is 2.59. The molecule has 8 heteroatoms. The molecule has 2 rings (SSSR count). The van der Waals surface area contributed by atoms with Crippen LogP contribution in [0.15, 0.2) is 35.7 Å². The van der Waals surface area contributed by atoms with Crippen LogP contribution in [0.2, 0.25) is 10.0 Å². The molecule has 0 saturated carbocycles. The largest absolute Gasteiger partial charge is 0.335 e. The third kappa shape index (κ3) is 2.83. The Kier molecular flexibility index (Phi) is 4.39. The molecule has 0 saturated heterocycles. The van der Waals surface area contributed by atoms with Crippen molar-refractivity contribution in [2.75, 3.05) is 7.05 Å². The van der Waals surface area contributed by atoms with Gasteiger partial charge < -0.3 is 4.98 Å². The topological polar surface area (TPSA) is 66.1 Å². The summed E-state index contributed by atoms with van der Waals surface area (Å²) in [6.45, 7) is 1.75. The molecule has 108 valence electrons. The average Bonchev–Trinajstić information content (AvgIpc) is 2.91. The first-order chi connectivity index (χ1) is 9.34. The van der Waals surface area contributed by atoms with Crippen molar-refractivity contribution < 1.29 is 8.42 Å². The number of benzene rings is 1. The maximum Gasteiger partial charge on any atom is 0.260 e. The Morgan fingerprint density at radius 2 is 2.05 bits per heavy atom. The molecule has 0 aliphatic rings. The number of rotatable bonds is 4. The zero-order chi connectivity index (χ0) is 14.9. The Balaban J connectivity index is 2.36. The van der Waals surface area contributed by atoms with E-state index in [-0.39, 0.29) is 5.03 Å². The summed E-state index contributed by atoms with van der Waals surface area (Å²) in [5.41, 5.74) is 0.682. The van der Waals surface area contributed by atoms with Gasteiger partial charge in [-0.1, -0.05) is 29.3 Å². The van der Waals surface area contributed by atoms with Crippen LogP contribution in [0.4, 0.5) is 0 Å². The second-order valence-electron chi connectivity index (χ2n) is 4.28. The van der Waals surface area contributed by atoms with E-state index in [0.717, 1.165) is 0 Å². The van der Waals surface area contributed by atoms with E-state index < -0.39 is 16.1 Å². The van der Waals surface area contributed by atoms with Crippen LogP contribution in [0.25, 0.3) is 0 Å². The van der Waals surface area contributed by atoms with Gasteiger partial charge in [-0.3, -0.25) is 0 Å². The number of sulfonamides is 1. The monoisotopic (exact) mass is 333 g/mol. The Labute approximate surface area is 127 Å². The lowest BCUT2D eigenvalue weighted by atomic mass is 10.1. The summed E-state index contributed by atoms with van der Waals surface area (Å²) >= 11 is 12.0. The Morgan fingerprint density at radius 3 is 2.60 bits per heavy atom. The number of H-pyrrole nitrogens is 1. The summed E-state index contributed by atoms with van der Waals surface area (Å²) < 4.78 is 26.0. The van der Waals surface area contributed by atoms with E-state index in [1.807, 2.05) is 0 Å². The lowest BCUT2D eigenvalue weighted by molar-refractivity contribution is 0.397. The van der Waals surface area contributed by atoms with E-state index in [1.54, 1.807) is 25.1 Å². The first kappa shape index (κ1) is 15.3. The molecule has 5 nitrogen and oxygen atoms in total. The van der Waals surface area contributed by atoms with Crippen LogP contribution in [-0.4, -0.2) is 29.7 Å². The van der Waals surface area contributed by atoms with Crippen molar-refractivity contribution in [1.29, 1.82) is 0 Å². The van der Waals surface area contributed by atoms with Crippen molar-refractivity contribution in [3.63, 3.8) is 0 Å². The predicted molar refractivity (Wildman–Crippen MR) is 78.4 cm³/mol. The number of hydrogen-bond acceptors (Lipinski definition) is 3. The smallest absolute Gasteiger partial charge is 0.260 e. The van der Waals surface area contributed by atoms with Gasteiger partial charge in [0.1, 0.15) is 0 Å². The maximum atomic E-state index is 12.4. The highest BCUT2D eigenvalue weighted by Gasteiger charge is 2.28. The molecular weight excluding hydrogens is 321 g/mol. The summed E-state index contributed by atoms with van der Waals surface area (Å²) in [6, 6.07) is 4.55. The Hall–Kier alpha value is -1.08. The van der Waals surface area contributed by atoms with Crippen molar-refractivity contribution >= 4 is 33.2 Å². The molecule has 1 unspecified atom stereocenters. The molecule has 20 heavy (non-hydrogen) atoms. The van der Waals surface area contributed by atoms with E-state index >= 15 is 0 Å². The second-order valence-corrected chi connectivity index (χ2v) is 7.09. The van der Waals surface area contributed by atoms with Gasteiger partial charge in [0.25, 0.3) is 10.0 Å². The number of nitrogens with zero attached hydrogens (tertiary/aromatic N) is 2. The molecule has 1 heterocycles. The number of imidazole rings is 1. The molecule has 0 aliphatic heterocycles. The molecule has 0 spiro atoms. The first-order valence-electron chi connectivity index (χ1n) is 5.75. The molecule has 0 amide bonds. The molecule has 0 radical (unpaired) electrons. The Bertz CT molecular complexity index is 701. The predicted octanol–water partition coefficient (Wildman–Crippen LogP) is 3.10. The molecule has 2 aromatic rings.